The molecule has 0 aliphatic heterocycles. The molecule has 3 rings (SSSR count). The molecular formula is C14H10BrClN2. The molecule has 0 saturated carbocycles. The fourth-order valence-corrected chi connectivity index (χ4v) is 2.47. The summed E-state index contributed by atoms with van der Waals surface area (Å²) < 4.78 is 1.04. The minimum atomic E-state index is 0.745. The monoisotopic (exact) mass is 320 g/mol. The number of nitrogens with zero attached hydrogens (tertiary/aromatic N) is 1. The highest BCUT2D eigenvalue weighted by atomic mass is 79.9. The largest absolute Gasteiger partial charge is 0.338 e. The molecule has 1 aromatic heterocycles. The van der Waals surface area contributed by atoms with E-state index in [4.69, 9.17) is 11.6 Å². The van der Waals surface area contributed by atoms with Crippen LogP contribution in [-0.4, -0.2) is 9.97 Å². The number of aromatic amines is 1. The average Bonchev–Trinajstić information content (AvgIpc) is 2.73. The first kappa shape index (κ1) is 11.8. The Bertz CT molecular complexity index is 695. The maximum atomic E-state index is 6.11. The molecule has 2 nitrogen and oxygen atoms in total. The number of H-pyrrole nitrogens is 1. The predicted molar refractivity (Wildman–Crippen MR) is 79.0 cm³/mol. The van der Waals surface area contributed by atoms with E-state index in [1.54, 1.807) is 0 Å². The van der Waals surface area contributed by atoms with Crippen LogP contribution in [0.25, 0.3) is 22.4 Å². The van der Waals surface area contributed by atoms with Crippen molar-refractivity contribution in [2.24, 2.45) is 0 Å². The fraction of sp³-hybridized carbons (Fsp3) is 0.0714. The van der Waals surface area contributed by atoms with Crippen molar-refractivity contribution >= 4 is 38.6 Å². The van der Waals surface area contributed by atoms with Gasteiger partial charge in [0.15, 0.2) is 0 Å². The Morgan fingerprint density at radius 3 is 2.83 bits per heavy atom. The summed E-state index contributed by atoms with van der Waals surface area (Å²) in [7, 11) is 0. The van der Waals surface area contributed by atoms with Gasteiger partial charge in [-0.2, -0.15) is 0 Å². The second-order valence-corrected chi connectivity index (χ2v) is 5.54. The Kier molecular flexibility index (Phi) is 2.88. The topological polar surface area (TPSA) is 28.7 Å². The van der Waals surface area contributed by atoms with Crippen LogP contribution in [-0.2, 0) is 0 Å². The number of fused-ring (bicyclic) bond motifs is 1. The summed E-state index contributed by atoms with van der Waals surface area (Å²) in [6, 6.07) is 12.0. The number of imidazole rings is 1. The molecule has 0 atom stereocenters. The zero-order valence-electron chi connectivity index (χ0n) is 9.67. The third-order valence-electron chi connectivity index (χ3n) is 2.86. The highest BCUT2D eigenvalue weighted by molar-refractivity contribution is 9.10. The molecule has 0 unspecified atom stereocenters. The maximum absolute atomic E-state index is 6.11. The minimum Gasteiger partial charge on any atom is -0.338 e. The van der Waals surface area contributed by atoms with Crippen LogP contribution < -0.4 is 0 Å². The number of nitrogens with one attached hydrogen (secondary N) is 1. The average molecular weight is 322 g/mol. The summed E-state index contributed by atoms with van der Waals surface area (Å²) in [6.45, 7) is 1.99. The Labute approximate surface area is 118 Å². The first-order valence-electron chi connectivity index (χ1n) is 5.55. The lowest BCUT2D eigenvalue weighted by Crippen LogP contribution is -1.79. The molecule has 90 valence electrons. The minimum absolute atomic E-state index is 0.745. The Balaban J connectivity index is 2.19. The third kappa shape index (κ3) is 2.04. The number of benzene rings is 2. The maximum Gasteiger partial charge on any atom is 0.138 e. The highest BCUT2D eigenvalue weighted by Gasteiger charge is 2.07. The van der Waals surface area contributed by atoms with Crippen LogP contribution in [0.3, 0.4) is 0 Å². The van der Waals surface area contributed by atoms with Crippen LogP contribution >= 0.6 is 27.5 Å². The third-order valence-corrected chi connectivity index (χ3v) is 3.76. The van der Waals surface area contributed by atoms with Gasteiger partial charge in [-0.05, 0) is 36.8 Å². The van der Waals surface area contributed by atoms with Crippen molar-refractivity contribution < 1.29 is 0 Å². The van der Waals surface area contributed by atoms with Crippen LogP contribution in [0.15, 0.2) is 40.9 Å². The summed E-state index contributed by atoms with van der Waals surface area (Å²) in [5.74, 6) is 0.855. The molecule has 0 saturated heterocycles. The number of rotatable bonds is 1. The summed E-state index contributed by atoms with van der Waals surface area (Å²) >= 11 is 9.57. The van der Waals surface area contributed by atoms with E-state index in [0.717, 1.165) is 37.5 Å². The first-order chi connectivity index (χ1) is 8.63. The molecule has 3 aromatic rings. The Hall–Kier alpha value is -1.32. The normalized spacial score (nSPS) is 11.1. The van der Waals surface area contributed by atoms with E-state index in [1.165, 1.54) is 0 Å². The molecule has 0 amide bonds. The molecule has 0 bridgehead atoms. The zero-order chi connectivity index (χ0) is 12.7. The van der Waals surface area contributed by atoms with Crippen LogP contribution in [0.5, 0.6) is 0 Å². The molecule has 4 heteroatoms. The van der Waals surface area contributed by atoms with Gasteiger partial charge in [0.25, 0.3) is 0 Å². The zero-order valence-corrected chi connectivity index (χ0v) is 12.0. The van der Waals surface area contributed by atoms with E-state index in [0.29, 0.717) is 0 Å². The van der Waals surface area contributed by atoms with E-state index < -0.39 is 0 Å². The van der Waals surface area contributed by atoms with Crippen molar-refractivity contribution in [1.29, 1.82) is 0 Å². The number of hydrogen-bond donors (Lipinski definition) is 1. The number of hydrogen-bond acceptors (Lipinski definition) is 1. The molecule has 0 fully saturated rings. The van der Waals surface area contributed by atoms with Crippen molar-refractivity contribution in [3.63, 3.8) is 0 Å². The van der Waals surface area contributed by atoms with E-state index in [9.17, 15) is 0 Å². The summed E-state index contributed by atoms with van der Waals surface area (Å²) in [5.41, 5.74) is 4.00. The Morgan fingerprint density at radius 1 is 1.22 bits per heavy atom. The van der Waals surface area contributed by atoms with E-state index in [-0.39, 0.29) is 0 Å². The van der Waals surface area contributed by atoms with Crippen molar-refractivity contribution in [2.75, 3.05) is 0 Å². The van der Waals surface area contributed by atoms with Crippen LogP contribution in [0.4, 0.5) is 0 Å². The van der Waals surface area contributed by atoms with Crippen LogP contribution in [0.1, 0.15) is 5.56 Å². The predicted octanol–water partition coefficient (Wildman–Crippen LogP) is 4.95. The quantitative estimate of drug-likeness (QED) is 0.674. The second-order valence-electron chi connectivity index (χ2n) is 4.21. The van der Waals surface area contributed by atoms with Gasteiger partial charge in [0.1, 0.15) is 5.82 Å². The van der Waals surface area contributed by atoms with Crippen molar-refractivity contribution in [1.82, 2.24) is 9.97 Å². The molecule has 0 radical (unpaired) electrons. The van der Waals surface area contributed by atoms with Gasteiger partial charge in [-0.25, -0.2) is 4.98 Å². The smallest absolute Gasteiger partial charge is 0.138 e. The highest BCUT2D eigenvalue weighted by Crippen LogP contribution is 2.26. The van der Waals surface area contributed by atoms with Crippen molar-refractivity contribution in [2.45, 2.75) is 6.92 Å². The summed E-state index contributed by atoms with van der Waals surface area (Å²) in [5, 5.41) is 0.745. The summed E-state index contributed by atoms with van der Waals surface area (Å²) in [6.07, 6.45) is 0. The van der Waals surface area contributed by atoms with Crippen molar-refractivity contribution in [3.8, 4) is 11.4 Å². The standard InChI is InChI=1S/C14H10BrClN2/c1-8-5-12-13(7-11(8)16)18-14(17-12)9-3-2-4-10(15)6-9/h2-7H,1H3,(H,17,18). The SMILES string of the molecule is Cc1cc2[nH]c(-c3cccc(Br)c3)nc2cc1Cl. The molecule has 0 aliphatic rings. The van der Waals surface area contributed by atoms with E-state index >= 15 is 0 Å². The molecule has 18 heavy (non-hydrogen) atoms. The van der Waals surface area contributed by atoms with E-state index in [2.05, 4.69) is 25.9 Å². The van der Waals surface area contributed by atoms with Gasteiger partial charge in [0.05, 0.1) is 11.0 Å². The molecule has 0 spiro atoms. The lowest BCUT2D eigenvalue weighted by molar-refractivity contribution is 1.33. The number of halogens is 2. The van der Waals surface area contributed by atoms with Gasteiger partial charge >= 0.3 is 0 Å². The van der Waals surface area contributed by atoms with Crippen LogP contribution in [0.2, 0.25) is 5.02 Å². The second kappa shape index (κ2) is 4.41. The lowest BCUT2D eigenvalue weighted by Gasteiger charge is -1.96. The number of aryl methyl sites for hydroxylation is 1. The molecule has 1 heterocycles. The van der Waals surface area contributed by atoms with E-state index in [1.807, 2.05) is 43.3 Å². The van der Waals surface area contributed by atoms with Crippen LogP contribution in [0, 0.1) is 6.92 Å². The number of aromatic nitrogens is 2. The summed E-state index contributed by atoms with van der Waals surface area (Å²) in [4.78, 5) is 7.88. The molecule has 2 aromatic carbocycles. The van der Waals surface area contributed by atoms with Gasteiger partial charge in [0.2, 0.25) is 0 Å². The fourth-order valence-electron chi connectivity index (χ4n) is 1.91. The van der Waals surface area contributed by atoms with Gasteiger partial charge in [-0.3, -0.25) is 0 Å². The molecule has 0 aliphatic carbocycles. The first-order valence-corrected chi connectivity index (χ1v) is 6.72. The lowest BCUT2D eigenvalue weighted by atomic mass is 10.2. The Morgan fingerprint density at radius 2 is 2.06 bits per heavy atom. The van der Waals surface area contributed by atoms with Gasteiger partial charge in [-0.15, -0.1) is 0 Å². The van der Waals surface area contributed by atoms with Gasteiger partial charge < -0.3 is 4.98 Å². The molecular weight excluding hydrogens is 312 g/mol. The van der Waals surface area contributed by atoms with Gasteiger partial charge in [-0.1, -0.05) is 39.7 Å². The van der Waals surface area contributed by atoms with Gasteiger partial charge in [0, 0.05) is 15.1 Å². The van der Waals surface area contributed by atoms with Crippen molar-refractivity contribution in [3.05, 3.63) is 51.5 Å². The molecule has 1 N–H and O–H groups in total.